The van der Waals surface area contributed by atoms with E-state index in [0.29, 0.717) is 5.69 Å². The van der Waals surface area contributed by atoms with Crippen LogP contribution in [0.25, 0.3) is 0 Å². The van der Waals surface area contributed by atoms with Crippen LogP contribution in [0.4, 0.5) is 17.1 Å². The van der Waals surface area contributed by atoms with Gasteiger partial charge in [-0.2, -0.15) is 0 Å². The van der Waals surface area contributed by atoms with E-state index >= 15 is 0 Å². The summed E-state index contributed by atoms with van der Waals surface area (Å²) in [5.74, 6) is 1.49. The second kappa shape index (κ2) is 5.84. The van der Waals surface area contributed by atoms with Crippen molar-refractivity contribution >= 4 is 33.0 Å². The lowest BCUT2D eigenvalue weighted by Gasteiger charge is -2.12. The quantitative estimate of drug-likeness (QED) is 0.841. The second-order valence-corrected chi connectivity index (χ2v) is 4.78. The Hall–Kier alpha value is -1.88. The van der Waals surface area contributed by atoms with Crippen LogP contribution in [0.2, 0.25) is 0 Å². The van der Waals surface area contributed by atoms with E-state index in [1.807, 2.05) is 30.3 Å². The number of anilines is 3. The zero-order valence-corrected chi connectivity index (χ0v) is 12.3. The van der Waals surface area contributed by atoms with Crippen LogP contribution >= 0.6 is 15.9 Å². The maximum Gasteiger partial charge on any atom is 0.135 e. The number of methoxy groups -OCH3 is 2. The molecular formula is C14H15BrN2O2. The fourth-order valence-electron chi connectivity index (χ4n) is 1.67. The van der Waals surface area contributed by atoms with Crippen molar-refractivity contribution in [2.75, 3.05) is 25.3 Å². The highest BCUT2D eigenvalue weighted by molar-refractivity contribution is 9.10. The summed E-state index contributed by atoms with van der Waals surface area (Å²) in [7, 11) is 3.24. The zero-order chi connectivity index (χ0) is 13.8. The second-order valence-electron chi connectivity index (χ2n) is 3.93. The van der Waals surface area contributed by atoms with Crippen LogP contribution < -0.4 is 20.5 Å². The van der Waals surface area contributed by atoms with Gasteiger partial charge in [0.2, 0.25) is 0 Å². The minimum Gasteiger partial charge on any atom is -0.497 e. The van der Waals surface area contributed by atoms with Crippen molar-refractivity contribution in [1.29, 1.82) is 0 Å². The Balaban J connectivity index is 2.26. The van der Waals surface area contributed by atoms with Crippen molar-refractivity contribution in [3.05, 3.63) is 40.9 Å². The van der Waals surface area contributed by atoms with Crippen molar-refractivity contribution in [3.8, 4) is 11.5 Å². The van der Waals surface area contributed by atoms with E-state index in [1.54, 1.807) is 20.3 Å². The molecule has 5 heteroatoms. The topological polar surface area (TPSA) is 56.5 Å². The molecule has 0 aliphatic carbocycles. The summed E-state index contributed by atoms with van der Waals surface area (Å²) in [5, 5.41) is 3.24. The first kappa shape index (κ1) is 13.5. The molecule has 2 aromatic rings. The van der Waals surface area contributed by atoms with Crippen LogP contribution in [0.1, 0.15) is 0 Å². The van der Waals surface area contributed by atoms with Gasteiger partial charge in [0.05, 0.1) is 30.1 Å². The maximum atomic E-state index is 5.96. The summed E-state index contributed by atoms with van der Waals surface area (Å²) in [6.07, 6.45) is 0. The molecule has 4 nitrogen and oxygen atoms in total. The molecular weight excluding hydrogens is 308 g/mol. The van der Waals surface area contributed by atoms with Gasteiger partial charge in [-0.1, -0.05) is 0 Å². The summed E-state index contributed by atoms with van der Waals surface area (Å²) in [5.41, 5.74) is 8.31. The Kier molecular flexibility index (Phi) is 4.16. The highest BCUT2D eigenvalue weighted by Gasteiger charge is 2.05. The van der Waals surface area contributed by atoms with Crippen LogP contribution in [0.5, 0.6) is 11.5 Å². The number of hydrogen-bond acceptors (Lipinski definition) is 4. The minimum atomic E-state index is 0.626. The lowest BCUT2D eigenvalue weighted by Crippen LogP contribution is -1.97. The average Bonchev–Trinajstić information content (AvgIpc) is 2.43. The first-order valence-corrected chi connectivity index (χ1v) is 6.47. The maximum absolute atomic E-state index is 5.96. The van der Waals surface area contributed by atoms with E-state index in [2.05, 4.69) is 21.2 Å². The molecule has 0 unspecified atom stereocenters. The highest BCUT2D eigenvalue weighted by Crippen LogP contribution is 2.31. The summed E-state index contributed by atoms with van der Waals surface area (Å²) < 4.78 is 11.3. The van der Waals surface area contributed by atoms with E-state index in [1.165, 1.54) is 0 Å². The molecule has 0 amide bonds. The van der Waals surface area contributed by atoms with Gasteiger partial charge >= 0.3 is 0 Å². The lowest BCUT2D eigenvalue weighted by molar-refractivity contribution is 0.412. The molecule has 0 atom stereocenters. The molecule has 0 aromatic heterocycles. The normalized spacial score (nSPS) is 10.1. The minimum absolute atomic E-state index is 0.626. The van der Waals surface area contributed by atoms with Crippen LogP contribution in [-0.4, -0.2) is 14.2 Å². The van der Waals surface area contributed by atoms with E-state index in [-0.39, 0.29) is 0 Å². The summed E-state index contributed by atoms with van der Waals surface area (Å²) in [6.45, 7) is 0. The first-order chi connectivity index (χ1) is 9.13. The van der Waals surface area contributed by atoms with E-state index < -0.39 is 0 Å². The van der Waals surface area contributed by atoms with Gasteiger partial charge in [-0.25, -0.2) is 0 Å². The predicted octanol–water partition coefficient (Wildman–Crippen LogP) is 3.79. The number of nitrogens with one attached hydrogen (secondary N) is 1. The highest BCUT2D eigenvalue weighted by atomic mass is 79.9. The van der Waals surface area contributed by atoms with Crippen LogP contribution in [0.15, 0.2) is 40.9 Å². The number of nitrogen functional groups attached to an aromatic ring is 1. The molecule has 0 fully saturated rings. The van der Waals surface area contributed by atoms with Gasteiger partial charge in [0.1, 0.15) is 11.5 Å². The molecule has 3 N–H and O–H groups in total. The summed E-state index contributed by atoms with van der Waals surface area (Å²) >= 11 is 3.42. The van der Waals surface area contributed by atoms with Crippen molar-refractivity contribution in [2.24, 2.45) is 0 Å². The molecule has 0 saturated heterocycles. The third-order valence-electron chi connectivity index (χ3n) is 2.69. The molecule has 0 radical (unpaired) electrons. The number of hydrogen-bond donors (Lipinski definition) is 2. The van der Waals surface area contributed by atoms with Gasteiger partial charge in [0.25, 0.3) is 0 Å². The molecule has 100 valence electrons. The lowest BCUT2D eigenvalue weighted by atomic mass is 10.2. The molecule has 0 aliphatic heterocycles. The molecule has 0 heterocycles. The van der Waals surface area contributed by atoms with Crippen LogP contribution in [0.3, 0.4) is 0 Å². The van der Waals surface area contributed by atoms with Crippen molar-refractivity contribution in [1.82, 2.24) is 0 Å². The number of rotatable bonds is 4. The smallest absolute Gasteiger partial charge is 0.135 e. The van der Waals surface area contributed by atoms with Gasteiger partial charge in [-0.15, -0.1) is 0 Å². The fraction of sp³-hybridized carbons (Fsp3) is 0.143. The van der Waals surface area contributed by atoms with Gasteiger partial charge in [-0.05, 0) is 40.2 Å². The van der Waals surface area contributed by atoms with Crippen molar-refractivity contribution in [2.45, 2.75) is 0 Å². The van der Waals surface area contributed by atoms with E-state index in [4.69, 9.17) is 15.2 Å². The average molecular weight is 323 g/mol. The van der Waals surface area contributed by atoms with Crippen LogP contribution in [0, 0.1) is 0 Å². The van der Waals surface area contributed by atoms with Crippen molar-refractivity contribution < 1.29 is 9.47 Å². The van der Waals surface area contributed by atoms with E-state index in [9.17, 15) is 0 Å². The zero-order valence-electron chi connectivity index (χ0n) is 10.7. The molecule has 2 aromatic carbocycles. The molecule has 0 saturated carbocycles. The molecule has 19 heavy (non-hydrogen) atoms. The molecule has 0 aliphatic rings. The summed E-state index contributed by atoms with van der Waals surface area (Å²) in [6, 6.07) is 11.3. The van der Waals surface area contributed by atoms with Gasteiger partial charge in [-0.3, -0.25) is 0 Å². The number of benzene rings is 2. The molecule has 2 rings (SSSR count). The third-order valence-corrected chi connectivity index (χ3v) is 3.34. The number of nitrogens with two attached hydrogens (primary N) is 1. The monoisotopic (exact) mass is 322 g/mol. The Bertz CT molecular complexity index is 588. The molecule has 0 spiro atoms. The summed E-state index contributed by atoms with van der Waals surface area (Å²) in [4.78, 5) is 0. The van der Waals surface area contributed by atoms with Crippen molar-refractivity contribution in [3.63, 3.8) is 0 Å². The van der Waals surface area contributed by atoms with Gasteiger partial charge < -0.3 is 20.5 Å². The van der Waals surface area contributed by atoms with Gasteiger partial charge in [0.15, 0.2) is 0 Å². The van der Waals surface area contributed by atoms with E-state index in [0.717, 1.165) is 27.3 Å². The predicted molar refractivity (Wildman–Crippen MR) is 81.4 cm³/mol. The Morgan fingerprint density at radius 1 is 1.05 bits per heavy atom. The Morgan fingerprint density at radius 2 is 1.84 bits per heavy atom. The Morgan fingerprint density at radius 3 is 2.47 bits per heavy atom. The fourth-order valence-corrected chi connectivity index (χ4v) is 2.08. The number of halogens is 1. The largest absolute Gasteiger partial charge is 0.497 e. The van der Waals surface area contributed by atoms with Gasteiger partial charge in [0, 0.05) is 17.8 Å². The number of ether oxygens (including phenoxy) is 2. The third kappa shape index (κ3) is 3.12. The first-order valence-electron chi connectivity index (χ1n) is 5.68. The molecule has 0 bridgehead atoms. The van der Waals surface area contributed by atoms with Crippen LogP contribution in [-0.2, 0) is 0 Å². The standard InChI is InChI=1S/C14H15BrN2O2/c1-18-10-4-6-13(12(16)8-10)17-9-3-5-11(15)14(7-9)19-2/h3-8,17H,16H2,1-2H3. The Labute approximate surface area is 120 Å². The SMILES string of the molecule is COc1ccc(Nc2ccc(Br)c(OC)c2)c(N)c1.